The number of allylic oxidation sites excluding steroid dienone is 6. The van der Waals surface area contributed by atoms with Crippen molar-refractivity contribution in [1.82, 2.24) is 0 Å². The smallest absolute Gasteiger partial charge is 0.306 e. The maximum Gasteiger partial charge on any atom is 0.306 e. The van der Waals surface area contributed by atoms with Crippen LogP contribution in [0.5, 0.6) is 0 Å². The zero-order valence-electron chi connectivity index (χ0n) is 54.8. The van der Waals surface area contributed by atoms with Crippen molar-refractivity contribution in [1.29, 1.82) is 0 Å². The maximum absolute atomic E-state index is 13.0. The van der Waals surface area contributed by atoms with E-state index in [1.165, 1.54) is 289 Å². The van der Waals surface area contributed by atoms with Gasteiger partial charge >= 0.3 is 17.9 Å². The van der Waals surface area contributed by atoms with Gasteiger partial charge in [0.1, 0.15) is 13.2 Å². The van der Waals surface area contributed by atoms with Crippen molar-refractivity contribution >= 4 is 17.9 Å². The number of carbonyl (C=O) groups is 3. The molecular formula is C75H140O6. The van der Waals surface area contributed by atoms with Crippen LogP contribution in [-0.2, 0) is 28.6 Å². The zero-order valence-corrected chi connectivity index (χ0v) is 54.8. The van der Waals surface area contributed by atoms with Crippen molar-refractivity contribution in [2.75, 3.05) is 13.2 Å². The van der Waals surface area contributed by atoms with E-state index in [-0.39, 0.29) is 31.1 Å². The van der Waals surface area contributed by atoms with Gasteiger partial charge < -0.3 is 14.2 Å². The minimum atomic E-state index is -0.777. The number of esters is 3. The van der Waals surface area contributed by atoms with Crippen LogP contribution in [0.3, 0.4) is 0 Å². The monoisotopic (exact) mass is 1140 g/mol. The third-order valence-corrected chi connectivity index (χ3v) is 16.6. The van der Waals surface area contributed by atoms with Crippen molar-refractivity contribution in [3.63, 3.8) is 0 Å². The molecule has 0 aliphatic rings. The van der Waals surface area contributed by atoms with Crippen LogP contribution in [0.1, 0.15) is 406 Å². The lowest BCUT2D eigenvalue weighted by atomic mass is 10.0. The molecule has 6 heteroatoms. The first-order valence-electron chi connectivity index (χ1n) is 36.5. The second-order valence-electron chi connectivity index (χ2n) is 24.9. The molecule has 0 saturated heterocycles. The summed E-state index contributed by atoms with van der Waals surface area (Å²) >= 11 is 0. The Morgan fingerprint density at radius 3 is 0.691 bits per heavy atom. The largest absolute Gasteiger partial charge is 0.462 e. The lowest BCUT2D eigenvalue weighted by Crippen LogP contribution is -2.30. The highest BCUT2D eigenvalue weighted by molar-refractivity contribution is 5.71. The summed E-state index contributed by atoms with van der Waals surface area (Å²) in [6.07, 6.45) is 87.5. The van der Waals surface area contributed by atoms with Gasteiger partial charge in [-0.25, -0.2) is 0 Å². The van der Waals surface area contributed by atoms with E-state index in [0.29, 0.717) is 19.3 Å². The summed E-state index contributed by atoms with van der Waals surface area (Å²) < 4.78 is 17.0. The molecule has 0 N–H and O–H groups in total. The average Bonchev–Trinajstić information content (AvgIpc) is 3.47. The molecule has 0 radical (unpaired) electrons. The maximum atomic E-state index is 13.0. The highest BCUT2D eigenvalue weighted by Gasteiger charge is 2.19. The molecule has 0 bridgehead atoms. The summed E-state index contributed by atoms with van der Waals surface area (Å²) in [5.74, 6) is -0.852. The Morgan fingerprint density at radius 1 is 0.247 bits per heavy atom. The lowest BCUT2D eigenvalue weighted by molar-refractivity contribution is -0.167. The minimum absolute atomic E-state index is 0.0717. The second kappa shape index (κ2) is 70.1. The van der Waals surface area contributed by atoms with E-state index in [1.54, 1.807) is 0 Å². The number of hydrogen-bond donors (Lipinski definition) is 0. The summed E-state index contributed by atoms with van der Waals surface area (Å²) in [5, 5.41) is 0. The Morgan fingerprint density at radius 2 is 0.444 bits per heavy atom. The molecule has 0 fully saturated rings. The molecular weight excluding hydrogens is 997 g/mol. The number of rotatable bonds is 68. The van der Waals surface area contributed by atoms with Crippen LogP contribution in [0.25, 0.3) is 0 Å². The first-order chi connectivity index (χ1) is 40.0. The molecule has 0 aromatic rings. The van der Waals surface area contributed by atoms with Crippen molar-refractivity contribution in [3.8, 4) is 0 Å². The summed E-state index contributed by atoms with van der Waals surface area (Å²) in [5.41, 5.74) is 0. The van der Waals surface area contributed by atoms with E-state index in [4.69, 9.17) is 14.2 Å². The lowest BCUT2D eigenvalue weighted by Gasteiger charge is -2.18. The van der Waals surface area contributed by atoms with E-state index in [1.807, 2.05) is 0 Å². The van der Waals surface area contributed by atoms with Crippen molar-refractivity contribution in [2.45, 2.75) is 412 Å². The van der Waals surface area contributed by atoms with Gasteiger partial charge in [-0.15, -0.1) is 0 Å². The highest BCUT2D eigenvalue weighted by atomic mass is 16.6. The van der Waals surface area contributed by atoms with Gasteiger partial charge in [-0.3, -0.25) is 14.4 Å². The number of hydrogen-bond acceptors (Lipinski definition) is 6. The Bertz CT molecular complexity index is 1350. The number of carbonyl (C=O) groups excluding carboxylic acids is 3. The van der Waals surface area contributed by atoms with Gasteiger partial charge in [0.2, 0.25) is 0 Å². The normalized spacial score (nSPS) is 12.2. The van der Waals surface area contributed by atoms with Crippen molar-refractivity contribution < 1.29 is 28.6 Å². The first-order valence-corrected chi connectivity index (χ1v) is 36.5. The van der Waals surface area contributed by atoms with E-state index in [0.717, 1.165) is 77.0 Å². The summed E-state index contributed by atoms with van der Waals surface area (Å²) in [4.78, 5) is 38.5. The van der Waals surface area contributed by atoms with E-state index < -0.39 is 6.10 Å². The van der Waals surface area contributed by atoms with E-state index >= 15 is 0 Å². The minimum Gasteiger partial charge on any atom is -0.462 e. The van der Waals surface area contributed by atoms with Crippen molar-refractivity contribution in [2.24, 2.45) is 0 Å². The molecule has 0 aliphatic heterocycles. The average molecular weight is 1140 g/mol. The highest BCUT2D eigenvalue weighted by Crippen LogP contribution is 2.19. The molecule has 0 heterocycles. The van der Waals surface area contributed by atoms with Crippen molar-refractivity contribution in [3.05, 3.63) is 36.5 Å². The molecule has 0 aromatic carbocycles. The fourth-order valence-corrected chi connectivity index (χ4v) is 11.2. The Labute approximate surface area is 506 Å². The third kappa shape index (κ3) is 68.3. The SMILES string of the molecule is CCCCCCC/C=C\C/C=C\C/C=C\CCCCCCCCC(=O)OC(COC(=O)CCCCCCCCCCCCCCCCC)COC(=O)CCCCCCCCCCCCCCCCCCCCCCCCCCCCC. The van der Waals surface area contributed by atoms with Gasteiger partial charge in [-0.1, -0.05) is 365 Å². The molecule has 0 rings (SSSR count). The van der Waals surface area contributed by atoms with E-state index in [2.05, 4.69) is 57.2 Å². The summed E-state index contributed by atoms with van der Waals surface area (Å²) in [7, 11) is 0. The molecule has 81 heavy (non-hydrogen) atoms. The van der Waals surface area contributed by atoms with Gasteiger partial charge in [0.25, 0.3) is 0 Å². The first kappa shape index (κ1) is 78.6. The standard InChI is InChI=1S/C75H140O6/c1-4-7-10-13-16-19-22-25-28-30-32-34-35-36-37-38-39-41-42-44-47-50-53-56-59-62-65-68-74(77)80-71-72(70-79-73(76)67-64-61-58-55-52-49-46-27-24-21-18-15-12-9-6-3)81-75(78)69-66-63-60-57-54-51-48-45-43-40-33-31-29-26-23-20-17-14-11-8-5-2/h23,26,31,33,43,45,72H,4-22,24-25,27-30,32,34-42,44,46-71H2,1-3H3/b26-23-,33-31-,45-43-. The van der Waals surface area contributed by atoms with Gasteiger partial charge in [0, 0.05) is 19.3 Å². The topological polar surface area (TPSA) is 78.9 Å². The molecule has 476 valence electrons. The predicted octanol–water partition coefficient (Wildman–Crippen LogP) is 25.1. The third-order valence-electron chi connectivity index (χ3n) is 16.6. The summed E-state index contributed by atoms with van der Waals surface area (Å²) in [6.45, 7) is 6.70. The van der Waals surface area contributed by atoms with Crippen LogP contribution in [0, 0.1) is 0 Å². The second-order valence-corrected chi connectivity index (χ2v) is 24.9. The van der Waals surface area contributed by atoms with E-state index in [9.17, 15) is 14.4 Å². The van der Waals surface area contributed by atoms with Crippen LogP contribution in [0.2, 0.25) is 0 Å². The Hall–Kier alpha value is -2.37. The van der Waals surface area contributed by atoms with Gasteiger partial charge in [-0.2, -0.15) is 0 Å². The quantitative estimate of drug-likeness (QED) is 0.0261. The Balaban J connectivity index is 4.26. The van der Waals surface area contributed by atoms with Crippen LogP contribution in [-0.4, -0.2) is 37.2 Å². The molecule has 0 amide bonds. The zero-order chi connectivity index (χ0) is 58.5. The fraction of sp³-hybridized carbons (Fsp3) is 0.880. The van der Waals surface area contributed by atoms with Crippen LogP contribution in [0.15, 0.2) is 36.5 Å². The van der Waals surface area contributed by atoms with Crippen LogP contribution < -0.4 is 0 Å². The van der Waals surface area contributed by atoms with Crippen LogP contribution in [0.4, 0.5) is 0 Å². The Kier molecular flexibility index (Phi) is 68.1. The molecule has 1 unspecified atom stereocenters. The van der Waals surface area contributed by atoms with Gasteiger partial charge in [0.05, 0.1) is 0 Å². The number of ether oxygens (including phenoxy) is 3. The molecule has 0 saturated carbocycles. The molecule has 0 aliphatic carbocycles. The fourth-order valence-electron chi connectivity index (χ4n) is 11.2. The van der Waals surface area contributed by atoms with Gasteiger partial charge in [-0.05, 0) is 57.8 Å². The summed E-state index contributed by atoms with van der Waals surface area (Å²) in [6, 6.07) is 0. The number of unbranched alkanes of at least 4 members (excludes halogenated alkanes) is 51. The van der Waals surface area contributed by atoms with Crippen LogP contribution >= 0.6 is 0 Å². The molecule has 0 aromatic heterocycles. The van der Waals surface area contributed by atoms with Gasteiger partial charge in [0.15, 0.2) is 6.10 Å². The molecule has 0 spiro atoms. The molecule has 1 atom stereocenters. The predicted molar refractivity (Wildman–Crippen MR) is 353 cm³/mol. The molecule has 6 nitrogen and oxygen atoms in total.